The van der Waals surface area contributed by atoms with E-state index in [-0.39, 0.29) is 0 Å². The predicted octanol–water partition coefficient (Wildman–Crippen LogP) is 6.66. The third kappa shape index (κ3) is 6.54. The first kappa shape index (κ1) is 18.1. The van der Waals surface area contributed by atoms with Crippen molar-refractivity contribution in [3.63, 3.8) is 0 Å². The zero-order valence-electron chi connectivity index (χ0n) is 14.3. The molecule has 0 aliphatic rings. The van der Waals surface area contributed by atoms with Gasteiger partial charge in [-0.3, -0.25) is 0 Å². The summed E-state index contributed by atoms with van der Waals surface area (Å²) in [6.07, 6.45) is 11.9. The van der Waals surface area contributed by atoms with Crippen molar-refractivity contribution < 1.29 is 5.11 Å². The van der Waals surface area contributed by atoms with Crippen LogP contribution in [-0.2, 0) is 0 Å². The van der Waals surface area contributed by atoms with Crippen LogP contribution in [0.1, 0.15) is 90.0 Å². The van der Waals surface area contributed by atoms with Crippen LogP contribution in [0.25, 0.3) is 0 Å². The van der Waals surface area contributed by atoms with Crippen molar-refractivity contribution in [2.75, 3.05) is 0 Å². The number of para-hydroxylation sites is 1. The minimum atomic E-state index is 0.478. The number of hydrogen-bond acceptors (Lipinski definition) is 1. The van der Waals surface area contributed by atoms with Gasteiger partial charge in [-0.15, -0.1) is 0 Å². The molecule has 1 rings (SSSR count). The molecule has 1 N–H and O–H groups in total. The van der Waals surface area contributed by atoms with Gasteiger partial charge in [-0.05, 0) is 29.9 Å². The molecule has 0 aliphatic heterocycles. The van der Waals surface area contributed by atoms with Crippen LogP contribution in [0.3, 0.4) is 0 Å². The molecule has 1 nitrogen and oxygen atoms in total. The Labute approximate surface area is 131 Å². The Hall–Kier alpha value is -0.980. The molecule has 0 bridgehead atoms. The van der Waals surface area contributed by atoms with Gasteiger partial charge in [0, 0.05) is 0 Å². The monoisotopic (exact) mass is 290 g/mol. The molecule has 120 valence electrons. The highest BCUT2D eigenvalue weighted by molar-refractivity contribution is 5.35. The molecule has 0 aliphatic carbocycles. The van der Waals surface area contributed by atoms with Crippen LogP contribution in [0.5, 0.6) is 5.75 Å². The fraction of sp³-hybridized carbons (Fsp3) is 0.700. The van der Waals surface area contributed by atoms with Crippen LogP contribution >= 0.6 is 0 Å². The number of hydrogen-bond donors (Lipinski definition) is 1. The maximum Gasteiger partial charge on any atom is 0.119 e. The van der Waals surface area contributed by atoms with Gasteiger partial charge >= 0.3 is 0 Å². The molecule has 0 heterocycles. The highest BCUT2D eigenvalue weighted by Gasteiger charge is 2.20. The normalized spacial score (nSPS) is 14.0. The summed E-state index contributed by atoms with van der Waals surface area (Å²) in [6.45, 7) is 6.84. The van der Waals surface area contributed by atoms with Gasteiger partial charge in [0.25, 0.3) is 0 Å². The summed E-state index contributed by atoms with van der Waals surface area (Å²) >= 11 is 0. The van der Waals surface area contributed by atoms with Gasteiger partial charge in [-0.25, -0.2) is 0 Å². The van der Waals surface area contributed by atoms with E-state index in [0.717, 1.165) is 5.56 Å². The molecule has 21 heavy (non-hydrogen) atoms. The third-order valence-electron chi connectivity index (χ3n) is 4.79. The van der Waals surface area contributed by atoms with Gasteiger partial charge in [0.1, 0.15) is 5.75 Å². The van der Waals surface area contributed by atoms with Crippen LogP contribution in [0.4, 0.5) is 0 Å². The lowest BCUT2D eigenvalue weighted by atomic mass is 9.81. The fourth-order valence-electron chi connectivity index (χ4n) is 3.15. The van der Waals surface area contributed by atoms with Crippen LogP contribution in [0, 0.1) is 5.92 Å². The van der Waals surface area contributed by atoms with Crippen molar-refractivity contribution in [2.45, 2.75) is 84.5 Å². The van der Waals surface area contributed by atoms with Crippen molar-refractivity contribution in [2.24, 2.45) is 5.92 Å². The lowest BCUT2D eigenvalue weighted by molar-refractivity contribution is 0.384. The minimum Gasteiger partial charge on any atom is -0.508 e. The van der Waals surface area contributed by atoms with E-state index in [4.69, 9.17) is 0 Å². The van der Waals surface area contributed by atoms with Crippen molar-refractivity contribution in [3.8, 4) is 5.75 Å². The number of benzene rings is 1. The lowest BCUT2D eigenvalue weighted by Crippen LogP contribution is -2.09. The quantitative estimate of drug-likeness (QED) is 0.452. The zero-order chi connectivity index (χ0) is 15.5. The topological polar surface area (TPSA) is 20.2 Å². The zero-order valence-corrected chi connectivity index (χ0v) is 14.3. The minimum absolute atomic E-state index is 0.478. The predicted molar refractivity (Wildman–Crippen MR) is 92.9 cm³/mol. The molecular formula is C20H34O. The molecule has 0 radical (unpaired) electrons. The smallest absolute Gasteiger partial charge is 0.119 e. The van der Waals surface area contributed by atoms with Crippen LogP contribution in [0.2, 0.25) is 0 Å². The van der Waals surface area contributed by atoms with Crippen molar-refractivity contribution >= 4 is 0 Å². The van der Waals surface area contributed by atoms with Gasteiger partial charge < -0.3 is 5.11 Å². The number of aromatic hydroxyl groups is 1. The summed E-state index contributed by atoms with van der Waals surface area (Å²) < 4.78 is 0. The van der Waals surface area contributed by atoms with E-state index < -0.39 is 0 Å². The number of unbranched alkanes of at least 4 members (excludes halogenated alkanes) is 6. The molecule has 0 fully saturated rings. The van der Waals surface area contributed by atoms with E-state index >= 15 is 0 Å². The Morgan fingerprint density at radius 3 is 2.14 bits per heavy atom. The molecule has 0 spiro atoms. The molecule has 2 unspecified atom stereocenters. The second kappa shape index (κ2) is 10.7. The molecule has 1 aromatic carbocycles. The van der Waals surface area contributed by atoms with Crippen molar-refractivity contribution in [3.05, 3.63) is 29.8 Å². The van der Waals surface area contributed by atoms with E-state index in [2.05, 4.69) is 32.9 Å². The van der Waals surface area contributed by atoms with Gasteiger partial charge in [0.05, 0.1) is 0 Å². The van der Waals surface area contributed by atoms with Gasteiger partial charge in [-0.1, -0.05) is 90.3 Å². The molecule has 0 aromatic heterocycles. The maximum absolute atomic E-state index is 10.1. The molecule has 1 heteroatoms. The van der Waals surface area contributed by atoms with Gasteiger partial charge in [0.2, 0.25) is 0 Å². The molecule has 0 amide bonds. The van der Waals surface area contributed by atoms with E-state index in [9.17, 15) is 5.11 Å². The summed E-state index contributed by atoms with van der Waals surface area (Å²) in [5.41, 5.74) is 1.15. The second-order valence-corrected chi connectivity index (χ2v) is 6.46. The lowest BCUT2D eigenvalue weighted by Gasteiger charge is -2.24. The maximum atomic E-state index is 10.1. The summed E-state index contributed by atoms with van der Waals surface area (Å²) in [4.78, 5) is 0. The summed E-state index contributed by atoms with van der Waals surface area (Å²) in [5, 5.41) is 10.1. The van der Waals surface area contributed by atoms with Crippen LogP contribution in [-0.4, -0.2) is 5.11 Å². The van der Waals surface area contributed by atoms with E-state index in [1.54, 1.807) is 0 Å². The third-order valence-corrected chi connectivity index (χ3v) is 4.79. The molecular weight excluding hydrogens is 256 g/mol. The highest BCUT2D eigenvalue weighted by atomic mass is 16.3. The second-order valence-electron chi connectivity index (χ2n) is 6.46. The Bertz CT molecular complexity index is 372. The summed E-state index contributed by atoms with van der Waals surface area (Å²) in [5.74, 6) is 1.62. The number of phenolic OH excluding ortho intramolecular Hbond substituents is 1. The van der Waals surface area contributed by atoms with Crippen LogP contribution in [0.15, 0.2) is 24.3 Å². The Balaban J connectivity index is 2.43. The fourth-order valence-corrected chi connectivity index (χ4v) is 3.15. The summed E-state index contributed by atoms with van der Waals surface area (Å²) in [7, 11) is 0. The van der Waals surface area contributed by atoms with Crippen molar-refractivity contribution in [1.29, 1.82) is 0 Å². The Morgan fingerprint density at radius 1 is 0.905 bits per heavy atom. The summed E-state index contributed by atoms with van der Waals surface area (Å²) in [6, 6.07) is 7.90. The largest absolute Gasteiger partial charge is 0.508 e. The van der Waals surface area contributed by atoms with Crippen molar-refractivity contribution in [1.82, 2.24) is 0 Å². The SMILES string of the molecule is CCCCCCCCCC(c1ccccc1O)C(C)CC. The van der Waals surface area contributed by atoms with Crippen LogP contribution < -0.4 is 0 Å². The first-order valence-corrected chi connectivity index (χ1v) is 8.98. The highest BCUT2D eigenvalue weighted by Crippen LogP contribution is 2.36. The van der Waals surface area contributed by atoms with E-state index in [0.29, 0.717) is 17.6 Å². The molecule has 1 aromatic rings. The molecule has 0 saturated heterocycles. The van der Waals surface area contributed by atoms with E-state index in [1.807, 2.05) is 12.1 Å². The van der Waals surface area contributed by atoms with Gasteiger partial charge in [0.15, 0.2) is 0 Å². The molecule has 0 saturated carbocycles. The Kier molecular flexibility index (Phi) is 9.21. The standard InChI is InChI=1S/C20H34O/c1-4-6-7-8-9-10-11-14-18(17(3)5-2)19-15-12-13-16-20(19)21/h12-13,15-18,21H,4-11,14H2,1-3H3. The first-order valence-electron chi connectivity index (χ1n) is 8.98. The number of phenols is 1. The van der Waals surface area contributed by atoms with E-state index in [1.165, 1.54) is 57.8 Å². The van der Waals surface area contributed by atoms with Gasteiger partial charge in [-0.2, -0.15) is 0 Å². The average Bonchev–Trinajstić information content (AvgIpc) is 2.50. The molecule has 2 atom stereocenters. The average molecular weight is 290 g/mol. The number of rotatable bonds is 11. The first-order chi connectivity index (χ1) is 10.2. The Morgan fingerprint density at radius 2 is 1.52 bits per heavy atom.